The first kappa shape index (κ1) is 43.4. The average Bonchev–Trinajstić information content (AvgIpc) is 3.26. The molecule has 2 aromatic heterocycles. The Hall–Kier alpha value is -3.71. The molecular weight excluding hydrogens is 875 g/mol. The monoisotopic (exact) mass is 928 g/mol. The molecule has 2 N–H and O–H groups in total. The lowest BCUT2D eigenvalue weighted by Crippen LogP contribution is -3.00. The fraction of sp³-hybridized carbons (Fsp3) is 0.417. The summed E-state index contributed by atoms with van der Waals surface area (Å²) in [5.74, 6) is 2.74. The second kappa shape index (κ2) is 17.3. The predicted molar refractivity (Wildman–Crippen MR) is 221 cm³/mol. The third-order valence-electron chi connectivity index (χ3n) is 14.8. The number of piperidine rings is 6. The number of fused-ring (bicyclic) bond motifs is 8. The first-order valence-electron chi connectivity index (χ1n) is 20.6. The van der Waals surface area contributed by atoms with Crippen molar-refractivity contribution in [3.05, 3.63) is 133 Å². The summed E-state index contributed by atoms with van der Waals surface area (Å²) in [6.45, 7) is 12.8. The highest BCUT2D eigenvalue weighted by atomic mass is 79.9. The number of aliphatic hydroxyl groups is 2. The van der Waals surface area contributed by atoms with Crippen molar-refractivity contribution < 1.29 is 67.0 Å². The van der Waals surface area contributed by atoms with Crippen LogP contribution in [0.15, 0.2) is 104 Å². The molecule has 6 saturated heterocycles. The van der Waals surface area contributed by atoms with Gasteiger partial charge in [-0.3, -0.25) is 9.97 Å². The Balaban J connectivity index is 0.00000264. The first-order valence-corrected chi connectivity index (χ1v) is 20.6. The van der Waals surface area contributed by atoms with Crippen LogP contribution in [-0.2, 0) is 13.1 Å². The number of ether oxygens (including phenoxy) is 2. The summed E-state index contributed by atoms with van der Waals surface area (Å²) in [5, 5.41) is 26.6. The number of nitrogens with zero attached hydrogens (tertiary/aromatic N) is 4. The quantitative estimate of drug-likeness (QED) is 0.148. The van der Waals surface area contributed by atoms with Gasteiger partial charge in [0.2, 0.25) is 0 Å². The summed E-state index contributed by atoms with van der Waals surface area (Å²) < 4.78 is 29.8. The number of benzene rings is 3. The lowest BCUT2D eigenvalue weighted by Gasteiger charge is -2.58. The van der Waals surface area contributed by atoms with Gasteiger partial charge in [0.15, 0.2) is 0 Å². The molecule has 4 bridgehead atoms. The van der Waals surface area contributed by atoms with Crippen LogP contribution in [0.1, 0.15) is 60.1 Å². The first-order chi connectivity index (χ1) is 27.7. The zero-order valence-electron chi connectivity index (χ0n) is 33.9. The summed E-state index contributed by atoms with van der Waals surface area (Å²) in [6.07, 6.45) is 9.90. The summed E-state index contributed by atoms with van der Waals surface area (Å²) in [5.41, 5.74) is 4.66. The topological polar surface area (TPSA) is 84.7 Å². The van der Waals surface area contributed by atoms with Gasteiger partial charge in [-0.1, -0.05) is 30.4 Å². The van der Waals surface area contributed by atoms with Crippen molar-refractivity contribution in [3.8, 4) is 11.5 Å². The van der Waals surface area contributed by atoms with Crippen molar-refractivity contribution in [1.82, 2.24) is 9.97 Å². The van der Waals surface area contributed by atoms with E-state index in [1.807, 2.05) is 66.7 Å². The maximum atomic E-state index is 17.4. The van der Waals surface area contributed by atoms with E-state index in [0.29, 0.717) is 56.9 Å². The molecule has 8 heterocycles. The molecule has 10 atom stereocenters. The predicted octanol–water partition coefficient (Wildman–Crippen LogP) is 2.24. The van der Waals surface area contributed by atoms with E-state index in [4.69, 9.17) is 9.47 Å². The van der Waals surface area contributed by atoms with Gasteiger partial charge >= 0.3 is 0 Å². The van der Waals surface area contributed by atoms with Gasteiger partial charge in [-0.25, -0.2) is 4.39 Å². The van der Waals surface area contributed by atoms with Crippen LogP contribution in [0.2, 0.25) is 0 Å². The number of pyridine rings is 2. The molecule has 6 aliphatic heterocycles. The third-order valence-corrected chi connectivity index (χ3v) is 14.8. The highest BCUT2D eigenvalue weighted by Gasteiger charge is 2.56. The van der Waals surface area contributed by atoms with Crippen molar-refractivity contribution in [2.75, 3.05) is 40.4 Å². The molecular formula is C48H55Br2FN4O4. The van der Waals surface area contributed by atoms with E-state index in [2.05, 4.69) is 35.3 Å². The van der Waals surface area contributed by atoms with Crippen molar-refractivity contribution in [2.24, 2.45) is 23.7 Å². The van der Waals surface area contributed by atoms with Gasteiger partial charge < -0.3 is 62.6 Å². The van der Waals surface area contributed by atoms with E-state index in [1.54, 1.807) is 26.6 Å². The van der Waals surface area contributed by atoms with Gasteiger partial charge in [0.25, 0.3) is 0 Å². The lowest BCUT2D eigenvalue weighted by atomic mass is 9.70. The number of rotatable bonds is 12. The number of halogens is 3. The number of hydrogen-bond acceptors (Lipinski definition) is 6. The maximum absolute atomic E-state index is 17.4. The minimum absolute atomic E-state index is 0. The molecule has 6 fully saturated rings. The molecule has 0 aliphatic carbocycles. The molecule has 0 saturated carbocycles. The van der Waals surface area contributed by atoms with Crippen LogP contribution in [0, 0.1) is 29.5 Å². The van der Waals surface area contributed by atoms with Gasteiger partial charge in [0, 0.05) is 71.8 Å². The number of hydrogen-bond donors (Lipinski definition) is 2. The normalized spacial score (nSPS) is 29.2. The fourth-order valence-electron chi connectivity index (χ4n) is 11.8. The van der Waals surface area contributed by atoms with Gasteiger partial charge in [-0.2, -0.15) is 0 Å². The molecule has 312 valence electrons. The molecule has 3 aromatic carbocycles. The summed E-state index contributed by atoms with van der Waals surface area (Å²) in [4.78, 5) is 9.17. The SMILES string of the molecule is C=C[C@@H]1C[N+]2(Cc3cccc(C[N+]45CC[C@@H](C[C@H]4[C@H](O)c4ccnc6ccc(OC)cc46)[C@@H](C=C)C5)c3F)CC[C@@H]1C[C@H]2[C@H](O)c1ccnc2ccc(OC)cc12.[Br-].[Br-]. The van der Waals surface area contributed by atoms with Crippen LogP contribution in [-0.4, -0.2) is 81.6 Å². The summed E-state index contributed by atoms with van der Waals surface area (Å²) in [7, 11) is 3.30. The van der Waals surface area contributed by atoms with Crippen LogP contribution >= 0.6 is 0 Å². The summed E-state index contributed by atoms with van der Waals surface area (Å²) in [6, 6.07) is 21.1. The summed E-state index contributed by atoms with van der Waals surface area (Å²) >= 11 is 0. The van der Waals surface area contributed by atoms with E-state index in [1.165, 1.54) is 0 Å². The third kappa shape index (κ3) is 7.54. The Kier molecular flexibility index (Phi) is 12.8. The molecule has 2 unspecified atom stereocenters. The fourth-order valence-corrected chi connectivity index (χ4v) is 11.8. The smallest absolute Gasteiger partial charge is 0.140 e. The van der Waals surface area contributed by atoms with E-state index < -0.39 is 12.2 Å². The Labute approximate surface area is 368 Å². The number of aliphatic hydroxyl groups excluding tert-OH is 2. The zero-order valence-corrected chi connectivity index (χ0v) is 37.1. The van der Waals surface area contributed by atoms with Gasteiger partial charge in [0.05, 0.1) is 51.4 Å². The Morgan fingerprint density at radius 2 is 1.15 bits per heavy atom. The van der Waals surface area contributed by atoms with Gasteiger partial charge in [0.1, 0.15) is 54.7 Å². The largest absolute Gasteiger partial charge is 1.00 e. The van der Waals surface area contributed by atoms with Crippen LogP contribution in [0.5, 0.6) is 11.5 Å². The number of aromatic nitrogens is 2. The van der Waals surface area contributed by atoms with Crippen LogP contribution < -0.4 is 43.4 Å². The molecule has 5 aromatic rings. The molecule has 11 heteroatoms. The molecule has 59 heavy (non-hydrogen) atoms. The lowest BCUT2D eigenvalue weighted by molar-refractivity contribution is -0.985. The van der Waals surface area contributed by atoms with E-state index in [9.17, 15) is 10.2 Å². The highest BCUT2D eigenvalue weighted by molar-refractivity contribution is 5.84. The molecule has 8 nitrogen and oxygen atoms in total. The minimum atomic E-state index is -0.766. The molecule has 0 amide bonds. The Morgan fingerprint density at radius 1 is 0.712 bits per heavy atom. The number of methoxy groups -OCH3 is 2. The second-order valence-corrected chi connectivity index (χ2v) is 17.4. The van der Waals surface area contributed by atoms with Gasteiger partial charge in [-0.15, -0.1) is 13.2 Å². The van der Waals surface area contributed by atoms with Crippen LogP contribution in [0.3, 0.4) is 0 Å². The van der Waals surface area contributed by atoms with E-state index in [-0.39, 0.29) is 51.9 Å². The zero-order chi connectivity index (χ0) is 39.5. The molecule has 0 spiro atoms. The minimum Gasteiger partial charge on any atom is -1.00 e. The number of quaternary nitrogens is 2. The van der Waals surface area contributed by atoms with Crippen molar-refractivity contribution in [2.45, 2.75) is 63.1 Å². The maximum Gasteiger partial charge on any atom is 0.140 e. The standard InChI is InChI=1S/C48H55FN4O4.2BrH/c1-5-30-26-52(20-16-32(30)22-44(52)47(54)38-14-18-50-42-12-10-36(56-3)24-40(38)42)28-34-8-7-9-35(46(34)49)29-53-21-17-33(31(6-2)27-53)23-45(53)48(55)39-15-19-51-43-13-11-37(57-4)25-41(39)43;;/h5-15,18-19,24-25,30-33,44-45,47-48,54-55H,1-2,16-17,20-23,26-29H2,3-4H3;2*1H/q+2;;/p-2/t30-,31+,32-,33+,44-,45-,47+,48+,52?,53?;;/m0../s1. The van der Waals surface area contributed by atoms with Gasteiger partial charge in [-0.05, 0) is 71.5 Å². The average molecular weight is 931 g/mol. The van der Waals surface area contributed by atoms with Crippen molar-refractivity contribution >= 4 is 21.8 Å². The Bertz CT molecular complexity index is 2190. The van der Waals surface area contributed by atoms with Crippen molar-refractivity contribution in [1.29, 1.82) is 0 Å². The Morgan fingerprint density at radius 3 is 1.56 bits per heavy atom. The van der Waals surface area contributed by atoms with Crippen molar-refractivity contribution in [3.63, 3.8) is 0 Å². The van der Waals surface area contributed by atoms with Crippen LogP contribution in [0.25, 0.3) is 21.8 Å². The highest BCUT2D eigenvalue weighted by Crippen LogP contribution is 2.50. The van der Waals surface area contributed by atoms with Crippen LogP contribution in [0.4, 0.5) is 4.39 Å². The van der Waals surface area contributed by atoms with E-state index in [0.717, 1.165) is 96.3 Å². The molecule has 6 aliphatic rings. The molecule has 11 rings (SSSR count). The molecule has 0 radical (unpaired) electrons. The van der Waals surface area contributed by atoms with E-state index >= 15 is 4.39 Å². The second-order valence-electron chi connectivity index (χ2n) is 17.4.